The summed E-state index contributed by atoms with van der Waals surface area (Å²) in [6.07, 6.45) is 3.28. The minimum Gasteiger partial charge on any atom is -0.396 e. The van der Waals surface area contributed by atoms with E-state index in [4.69, 9.17) is 0 Å². The van der Waals surface area contributed by atoms with Gasteiger partial charge in [-0.1, -0.05) is 37.3 Å². The number of piperidine rings is 1. The molecule has 3 rings (SSSR count). The number of aliphatic hydroxyl groups is 1. The Balaban J connectivity index is 1.71. The zero-order valence-electron chi connectivity index (χ0n) is 15.3. The fraction of sp³-hybridized carbons (Fsp3) is 0.455. The smallest absolute Gasteiger partial charge is 0.129 e. The van der Waals surface area contributed by atoms with Gasteiger partial charge >= 0.3 is 0 Å². The zero-order chi connectivity index (χ0) is 18.6. The molecule has 0 aromatic heterocycles. The summed E-state index contributed by atoms with van der Waals surface area (Å²) >= 11 is 0. The molecule has 1 N–H and O–H groups in total. The molecule has 1 heterocycles. The van der Waals surface area contributed by atoms with Gasteiger partial charge in [0.15, 0.2) is 0 Å². The number of rotatable bonds is 6. The summed E-state index contributed by atoms with van der Waals surface area (Å²) in [7, 11) is 0. The second-order valence-corrected chi connectivity index (χ2v) is 7.55. The average Bonchev–Trinajstić information content (AvgIpc) is 2.65. The van der Waals surface area contributed by atoms with Crippen molar-refractivity contribution in [3.8, 4) is 0 Å². The van der Waals surface area contributed by atoms with Gasteiger partial charge < -0.3 is 5.11 Å². The van der Waals surface area contributed by atoms with Gasteiger partial charge in [-0.25, -0.2) is 8.78 Å². The molecule has 4 heteroatoms. The number of aliphatic hydroxyl groups excluding tert-OH is 1. The predicted molar refractivity (Wildman–Crippen MR) is 99.9 cm³/mol. The van der Waals surface area contributed by atoms with E-state index >= 15 is 0 Å². The Morgan fingerprint density at radius 1 is 1.08 bits per heavy atom. The molecule has 0 unspecified atom stereocenters. The van der Waals surface area contributed by atoms with E-state index in [2.05, 4.69) is 36.1 Å². The number of hydrogen-bond donors (Lipinski definition) is 1. The molecule has 2 aromatic rings. The number of benzene rings is 2. The Labute approximate surface area is 154 Å². The van der Waals surface area contributed by atoms with Crippen LogP contribution in [0.15, 0.2) is 42.5 Å². The maximum atomic E-state index is 14.1. The Hall–Kier alpha value is -1.78. The minimum atomic E-state index is -0.565. The summed E-state index contributed by atoms with van der Waals surface area (Å²) in [5.41, 5.74) is 2.68. The van der Waals surface area contributed by atoms with Crippen LogP contribution in [-0.2, 0) is 19.4 Å². The third-order valence-electron chi connectivity index (χ3n) is 5.49. The maximum absolute atomic E-state index is 14.1. The van der Waals surface area contributed by atoms with E-state index in [1.165, 1.54) is 23.3 Å². The summed E-state index contributed by atoms with van der Waals surface area (Å²) in [5.74, 6) is -1.09. The van der Waals surface area contributed by atoms with Gasteiger partial charge in [0.25, 0.3) is 0 Å². The average molecular weight is 359 g/mol. The van der Waals surface area contributed by atoms with Crippen LogP contribution in [0.1, 0.15) is 36.5 Å². The van der Waals surface area contributed by atoms with E-state index in [1.807, 2.05) is 0 Å². The van der Waals surface area contributed by atoms with Gasteiger partial charge in [-0.2, -0.15) is 0 Å². The lowest BCUT2D eigenvalue weighted by Crippen LogP contribution is -2.46. The Kier molecular flexibility index (Phi) is 6.05. The summed E-state index contributed by atoms with van der Waals surface area (Å²) in [6.45, 7) is 4.68. The molecule has 0 radical (unpaired) electrons. The predicted octanol–water partition coefficient (Wildman–Crippen LogP) is 4.34. The molecule has 1 aliphatic rings. The highest BCUT2D eigenvalue weighted by Gasteiger charge is 2.35. The van der Waals surface area contributed by atoms with Gasteiger partial charge in [-0.15, -0.1) is 0 Å². The van der Waals surface area contributed by atoms with Gasteiger partial charge in [0.1, 0.15) is 11.6 Å². The van der Waals surface area contributed by atoms with E-state index in [-0.39, 0.29) is 12.0 Å². The number of nitrogens with zero attached hydrogens (tertiary/aromatic N) is 1. The minimum absolute atomic E-state index is 0.00902. The molecule has 1 fully saturated rings. The van der Waals surface area contributed by atoms with Crippen LogP contribution in [0.25, 0.3) is 0 Å². The lowest BCUT2D eigenvalue weighted by molar-refractivity contribution is 0.0283. The van der Waals surface area contributed by atoms with Gasteiger partial charge in [0.05, 0.1) is 6.61 Å². The molecule has 2 aromatic carbocycles. The van der Waals surface area contributed by atoms with E-state index in [1.54, 1.807) is 0 Å². The first-order chi connectivity index (χ1) is 12.5. The molecule has 0 spiro atoms. The Morgan fingerprint density at radius 3 is 2.46 bits per heavy atom. The monoisotopic (exact) mass is 359 g/mol. The van der Waals surface area contributed by atoms with Crippen LogP contribution in [0, 0.1) is 17.0 Å². The number of aryl methyl sites for hydroxylation is 1. The molecule has 0 saturated carbocycles. The lowest BCUT2D eigenvalue weighted by atomic mass is 9.75. The molecule has 26 heavy (non-hydrogen) atoms. The maximum Gasteiger partial charge on any atom is 0.129 e. The SMILES string of the molecule is CCc1ccc(CN2CCC[C@](CO)(Cc3ccc(F)cc3F)C2)cc1. The molecule has 0 aliphatic carbocycles. The summed E-state index contributed by atoms with van der Waals surface area (Å²) in [6, 6.07) is 12.4. The van der Waals surface area contributed by atoms with Crippen molar-refractivity contribution >= 4 is 0 Å². The first-order valence-corrected chi connectivity index (χ1v) is 9.38. The fourth-order valence-corrected chi connectivity index (χ4v) is 3.98. The van der Waals surface area contributed by atoms with Crippen LogP contribution in [0.3, 0.4) is 0 Å². The molecule has 1 saturated heterocycles. The Morgan fingerprint density at radius 2 is 1.81 bits per heavy atom. The third-order valence-corrected chi connectivity index (χ3v) is 5.49. The van der Waals surface area contributed by atoms with E-state index in [0.29, 0.717) is 12.0 Å². The van der Waals surface area contributed by atoms with Crippen LogP contribution < -0.4 is 0 Å². The normalized spacial score (nSPS) is 21.1. The van der Waals surface area contributed by atoms with E-state index < -0.39 is 11.6 Å². The van der Waals surface area contributed by atoms with Crippen LogP contribution in [0.2, 0.25) is 0 Å². The van der Waals surface area contributed by atoms with Crippen LogP contribution in [0.5, 0.6) is 0 Å². The quantitative estimate of drug-likeness (QED) is 0.829. The zero-order valence-corrected chi connectivity index (χ0v) is 15.3. The van der Waals surface area contributed by atoms with Gasteiger partial charge in [-0.3, -0.25) is 4.90 Å². The van der Waals surface area contributed by atoms with Crippen LogP contribution in [0.4, 0.5) is 8.78 Å². The molecule has 1 atom stereocenters. The van der Waals surface area contributed by atoms with Crippen molar-refractivity contribution in [2.75, 3.05) is 19.7 Å². The molecular weight excluding hydrogens is 332 g/mol. The first-order valence-electron chi connectivity index (χ1n) is 9.38. The van der Waals surface area contributed by atoms with E-state index in [0.717, 1.165) is 45.0 Å². The lowest BCUT2D eigenvalue weighted by Gasteiger charge is -2.42. The fourth-order valence-electron chi connectivity index (χ4n) is 3.98. The number of halogens is 2. The van der Waals surface area contributed by atoms with Gasteiger partial charge in [0, 0.05) is 24.6 Å². The summed E-state index contributed by atoms with van der Waals surface area (Å²) in [4.78, 5) is 2.34. The number of likely N-dealkylation sites (tertiary alicyclic amines) is 1. The standard InChI is InChI=1S/C22H27F2NO/c1-2-17-4-6-18(7-5-17)14-25-11-3-10-22(15-25,16-26)13-19-8-9-20(23)12-21(19)24/h4-9,12,26H,2-3,10-11,13-16H2,1H3/t22-/m0/s1. The van der Waals surface area contributed by atoms with Crippen molar-refractivity contribution in [3.63, 3.8) is 0 Å². The highest BCUT2D eigenvalue weighted by molar-refractivity contribution is 5.23. The molecular formula is C22H27F2NO. The molecule has 0 bridgehead atoms. The highest BCUT2D eigenvalue weighted by Crippen LogP contribution is 2.34. The third kappa shape index (κ3) is 4.49. The second-order valence-electron chi connectivity index (χ2n) is 7.55. The largest absolute Gasteiger partial charge is 0.396 e. The Bertz CT molecular complexity index is 731. The number of hydrogen-bond acceptors (Lipinski definition) is 2. The summed E-state index contributed by atoms with van der Waals surface area (Å²) in [5, 5.41) is 10.1. The van der Waals surface area contributed by atoms with Crippen molar-refractivity contribution in [1.82, 2.24) is 4.90 Å². The second kappa shape index (κ2) is 8.28. The molecule has 2 nitrogen and oxygen atoms in total. The molecule has 140 valence electrons. The highest BCUT2D eigenvalue weighted by atomic mass is 19.1. The van der Waals surface area contributed by atoms with Crippen molar-refractivity contribution in [2.45, 2.75) is 39.2 Å². The van der Waals surface area contributed by atoms with Gasteiger partial charge in [-0.05, 0) is 55.0 Å². The van der Waals surface area contributed by atoms with Crippen LogP contribution in [-0.4, -0.2) is 29.7 Å². The van der Waals surface area contributed by atoms with Crippen molar-refractivity contribution in [1.29, 1.82) is 0 Å². The molecule has 0 amide bonds. The van der Waals surface area contributed by atoms with Crippen molar-refractivity contribution < 1.29 is 13.9 Å². The van der Waals surface area contributed by atoms with Gasteiger partial charge in [0.2, 0.25) is 0 Å². The topological polar surface area (TPSA) is 23.5 Å². The first kappa shape index (κ1) is 19.0. The van der Waals surface area contributed by atoms with E-state index in [9.17, 15) is 13.9 Å². The van der Waals surface area contributed by atoms with Crippen molar-refractivity contribution in [3.05, 3.63) is 70.8 Å². The van der Waals surface area contributed by atoms with Crippen LogP contribution >= 0.6 is 0 Å². The summed E-state index contributed by atoms with van der Waals surface area (Å²) < 4.78 is 27.3. The molecule has 1 aliphatic heterocycles. The van der Waals surface area contributed by atoms with Crippen molar-refractivity contribution in [2.24, 2.45) is 5.41 Å².